The Hall–Kier alpha value is -1.91. The first-order chi connectivity index (χ1) is 9.50. The standard InChI is InChI=1S/C15H22N2O3/c1-11-8-9-13(12(2)17-11)15(20)16-10-6-4-3-5-7-14(18)19/h8-9H,3-7,10H2,1-2H3,(H,16,20)(H,18,19). The first kappa shape index (κ1) is 16.1. The van der Waals surface area contributed by atoms with E-state index in [0.717, 1.165) is 30.7 Å². The molecule has 2 N–H and O–H groups in total. The van der Waals surface area contributed by atoms with E-state index in [0.29, 0.717) is 18.5 Å². The van der Waals surface area contributed by atoms with E-state index >= 15 is 0 Å². The van der Waals surface area contributed by atoms with Gasteiger partial charge in [0.25, 0.3) is 5.91 Å². The second-order valence-electron chi connectivity index (χ2n) is 4.90. The quantitative estimate of drug-likeness (QED) is 0.716. The summed E-state index contributed by atoms with van der Waals surface area (Å²) in [4.78, 5) is 26.5. The minimum Gasteiger partial charge on any atom is -0.481 e. The van der Waals surface area contributed by atoms with Gasteiger partial charge in [0, 0.05) is 18.7 Å². The molecule has 0 aromatic carbocycles. The number of nitrogens with one attached hydrogen (secondary N) is 1. The van der Waals surface area contributed by atoms with Gasteiger partial charge in [0.05, 0.1) is 11.3 Å². The minimum absolute atomic E-state index is 0.0967. The van der Waals surface area contributed by atoms with E-state index in [1.807, 2.05) is 19.9 Å². The van der Waals surface area contributed by atoms with E-state index in [4.69, 9.17) is 5.11 Å². The van der Waals surface area contributed by atoms with Crippen molar-refractivity contribution in [3.8, 4) is 0 Å². The number of pyridine rings is 1. The monoisotopic (exact) mass is 278 g/mol. The van der Waals surface area contributed by atoms with Crippen molar-refractivity contribution in [1.82, 2.24) is 10.3 Å². The van der Waals surface area contributed by atoms with Crippen molar-refractivity contribution in [2.45, 2.75) is 46.0 Å². The van der Waals surface area contributed by atoms with Gasteiger partial charge in [-0.15, -0.1) is 0 Å². The Bertz CT molecular complexity index is 472. The van der Waals surface area contributed by atoms with Crippen LogP contribution in [0.1, 0.15) is 53.8 Å². The number of carbonyl (C=O) groups excluding carboxylic acids is 1. The van der Waals surface area contributed by atoms with Gasteiger partial charge < -0.3 is 10.4 Å². The summed E-state index contributed by atoms with van der Waals surface area (Å²) < 4.78 is 0. The molecular formula is C15H22N2O3. The van der Waals surface area contributed by atoms with Gasteiger partial charge >= 0.3 is 5.97 Å². The number of nitrogens with zero attached hydrogens (tertiary/aromatic N) is 1. The van der Waals surface area contributed by atoms with Crippen LogP contribution in [0.25, 0.3) is 0 Å². The van der Waals surface area contributed by atoms with Gasteiger partial charge in [-0.05, 0) is 38.8 Å². The number of carboxylic acid groups (broad SMARTS) is 1. The molecule has 5 heteroatoms. The van der Waals surface area contributed by atoms with Crippen molar-refractivity contribution >= 4 is 11.9 Å². The van der Waals surface area contributed by atoms with E-state index in [1.165, 1.54) is 0 Å². The van der Waals surface area contributed by atoms with Crippen LogP contribution in [0, 0.1) is 13.8 Å². The molecular weight excluding hydrogens is 256 g/mol. The molecule has 0 aliphatic heterocycles. The molecule has 1 aromatic heterocycles. The summed E-state index contributed by atoms with van der Waals surface area (Å²) in [6, 6.07) is 3.62. The molecule has 1 rings (SSSR count). The molecule has 0 aliphatic rings. The fourth-order valence-electron chi connectivity index (χ4n) is 1.98. The second-order valence-corrected chi connectivity index (χ2v) is 4.90. The van der Waals surface area contributed by atoms with Gasteiger partial charge in [0.2, 0.25) is 0 Å². The zero-order chi connectivity index (χ0) is 15.0. The number of rotatable bonds is 8. The Morgan fingerprint density at radius 2 is 1.85 bits per heavy atom. The Morgan fingerprint density at radius 1 is 1.15 bits per heavy atom. The van der Waals surface area contributed by atoms with Crippen molar-refractivity contribution in [1.29, 1.82) is 0 Å². The third-order valence-electron chi connectivity index (χ3n) is 3.07. The molecule has 0 spiro atoms. The summed E-state index contributed by atoms with van der Waals surface area (Å²) in [6.07, 6.45) is 3.60. The van der Waals surface area contributed by atoms with Gasteiger partial charge in [-0.1, -0.05) is 12.8 Å². The van der Waals surface area contributed by atoms with Gasteiger partial charge in [-0.2, -0.15) is 0 Å². The highest BCUT2D eigenvalue weighted by Crippen LogP contribution is 2.07. The summed E-state index contributed by atoms with van der Waals surface area (Å²) in [5.41, 5.74) is 2.25. The highest BCUT2D eigenvalue weighted by atomic mass is 16.4. The summed E-state index contributed by atoms with van der Waals surface area (Å²) >= 11 is 0. The van der Waals surface area contributed by atoms with Crippen LogP contribution in [0.4, 0.5) is 0 Å². The second kappa shape index (κ2) is 8.30. The molecule has 0 atom stereocenters. The number of carbonyl (C=O) groups is 2. The largest absolute Gasteiger partial charge is 0.481 e. The van der Waals surface area contributed by atoms with Crippen molar-refractivity contribution < 1.29 is 14.7 Å². The lowest BCUT2D eigenvalue weighted by atomic mass is 10.1. The summed E-state index contributed by atoms with van der Waals surface area (Å²) in [7, 11) is 0. The van der Waals surface area contributed by atoms with Crippen molar-refractivity contribution in [2.75, 3.05) is 6.54 Å². The van der Waals surface area contributed by atoms with Crippen molar-refractivity contribution in [3.05, 3.63) is 29.1 Å². The van der Waals surface area contributed by atoms with Gasteiger partial charge in [0.1, 0.15) is 0 Å². The molecule has 0 fully saturated rings. The fraction of sp³-hybridized carbons (Fsp3) is 0.533. The number of hydrogen-bond acceptors (Lipinski definition) is 3. The highest BCUT2D eigenvalue weighted by Gasteiger charge is 2.08. The molecule has 0 saturated heterocycles. The molecule has 0 aliphatic carbocycles. The fourth-order valence-corrected chi connectivity index (χ4v) is 1.98. The topological polar surface area (TPSA) is 79.3 Å². The smallest absolute Gasteiger partial charge is 0.303 e. The minimum atomic E-state index is -0.749. The van der Waals surface area contributed by atoms with Gasteiger partial charge in [-0.3, -0.25) is 14.6 Å². The van der Waals surface area contributed by atoms with Crippen LogP contribution in [0.2, 0.25) is 0 Å². The van der Waals surface area contributed by atoms with Crippen molar-refractivity contribution in [3.63, 3.8) is 0 Å². The normalized spacial score (nSPS) is 10.3. The van der Waals surface area contributed by atoms with Crippen LogP contribution in [0.5, 0.6) is 0 Å². The van der Waals surface area contributed by atoms with Crippen LogP contribution < -0.4 is 5.32 Å². The molecule has 20 heavy (non-hydrogen) atoms. The van der Waals surface area contributed by atoms with E-state index in [1.54, 1.807) is 6.07 Å². The average molecular weight is 278 g/mol. The van der Waals surface area contributed by atoms with Gasteiger partial charge in [0.15, 0.2) is 0 Å². The van der Waals surface area contributed by atoms with Crippen LogP contribution in [0.15, 0.2) is 12.1 Å². The first-order valence-corrected chi connectivity index (χ1v) is 6.95. The van der Waals surface area contributed by atoms with E-state index in [9.17, 15) is 9.59 Å². The molecule has 1 heterocycles. The van der Waals surface area contributed by atoms with Gasteiger partial charge in [-0.25, -0.2) is 0 Å². The van der Waals surface area contributed by atoms with Crippen LogP contribution in [-0.4, -0.2) is 28.5 Å². The lowest BCUT2D eigenvalue weighted by molar-refractivity contribution is -0.137. The number of aliphatic carboxylic acids is 1. The average Bonchev–Trinajstić information content (AvgIpc) is 2.37. The third kappa shape index (κ3) is 5.82. The van der Waals surface area contributed by atoms with Crippen LogP contribution >= 0.6 is 0 Å². The van der Waals surface area contributed by atoms with Crippen molar-refractivity contribution in [2.24, 2.45) is 0 Å². The maximum Gasteiger partial charge on any atom is 0.303 e. The summed E-state index contributed by atoms with van der Waals surface area (Å²) in [5, 5.41) is 11.4. The van der Waals surface area contributed by atoms with E-state index < -0.39 is 5.97 Å². The predicted molar refractivity (Wildman–Crippen MR) is 76.8 cm³/mol. The predicted octanol–water partition coefficient (Wildman–Crippen LogP) is 2.46. The Labute approximate surface area is 119 Å². The molecule has 5 nitrogen and oxygen atoms in total. The molecule has 1 amide bonds. The molecule has 110 valence electrons. The Kier molecular flexibility index (Phi) is 6.70. The van der Waals surface area contributed by atoms with E-state index in [2.05, 4.69) is 10.3 Å². The van der Waals surface area contributed by atoms with Crippen LogP contribution in [-0.2, 0) is 4.79 Å². The number of aryl methyl sites for hydroxylation is 2. The molecule has 1 aromatic rings. The zero-order valence-corrected chi connectivity index (χ0v) is 12.1. The molecule has 0 bridgehead atoms. The number of unbranched alkanes of at least 4 members (excludes halogenated alkanes) is 3. The Balaban J connectivity index is 2.22. The molecule has 0 saturated carbocycles. The maximum absolute atomic E-state index is 11.9. The highest BCUT2D eigenvalue weighted by molar-refractivity contribution is 5.95. The summed E-state index contributed by atoms with van der Waals surface area (Å²) in [6.45, 7) is 4.33. The molecule has 0 radical (unpaired) electrons. The van der Waals surface area contributed by atoms with E-state index in [-0.39, 0.29) is 12.3 Å². The number of aromatic nitrogens is 1. The lowest BCUT2D eigenvalue weighted by Crippen LogP contribution is -2.25. The zero-order valence-electron chi connectivity index (χ0n) is 12.1. The Morgan fingerprint density at radius 3 is 2.50 bits per heavy atom. The maximum atomic E-state index is 11.9. The first-order valence-electron chi connectivity index (χ1n) is 6.95. The molecule has 0 unspecified atom stereocenters. The number of amides is 1. The third-order valence-corrected chi connectivity index (χ3v) is 3.07. The SMILES string of the molecule is Cc1ccc(C(=O)NCCCCCCC(=O)O)c(C)n1. The van der Waals surface area contributed by atoms with Crippen LogP contribution in [0.3, 0.4) is 0 Å². The number of hydrogen-bond donors (Lipinski definition) is 2. The lowest BCUT2D eigenvalue weighted by Gasteiger charge is -2.07. The summed E-state index contributed by atoms with van der Waals surface area (Å²) in [5.74, 6) is -0.846. The number of carboxylic acids is 1.